The monoisotopic (exact) mass is 374 g/mol. The number of anilines is 1. The van der Waals surface area contributed by atoms with Crippen LogP contribution in [-0.2, 0) is 6.18 Å². The number of nitrogens with zero attached hydrogens (tertiary/aromatic N) is 3. The molecule has 2 N–H and O–H groups in total. The van der Waals surface area contributed by atoms with Crippen LogP contribution in [0, 0.1) is 0 Å². The first-order valence-corrected chi connectivity index (χ1v) is 8.56. The van der Waals surface area contributed by atoms with Gasteiger partial charge in [0.15, 0.2) is 9.50 Å². The van der Waals surface area contributed by atoms with Crippen LogP contribution >= 0.6 is 23.1 Å². The van der Waals surface area contributed by atoms with Crippen molar-refractivity contribution in [2.24, 2.45) is 0 Å². The minimum Gasteiger partial charge on any atom is -0.316 e. The van der Waals surface area contributed by atoms with Gasteiger partial charge in [-0.05, 0) is 43.8 Å². The lowest BCUT2D eigenvalue weighted by molar-refractivity contribution is -0.137. The van der Waals surface area contributed by atoms with E-state index >= 15 is 0 Å². The van der Waals surface area contributed by atoms with Crippen molar-refractivity contribution in [2.45, 2.75) is 35.6 Å². The number of alkyl halides is 3. The van der Waals surface area contributed by atoms with E-state index in [0.717, 1.165) is 12.1 Å². The summed E-state index contributed by atoms with van der Waals surface area (Å²) < 4.78 is 41.2. The fourth-order valence-corrected chi connectivity index (χ4v) is 4.18. The highest BCUT2D eigenvalue weighted by atomic mass is 32.2. The Bertz CT molecular complexity index is 873. The van der Waals surface area contributed by atoms with Crippen LogP contribution in [-0.4, -0.2) is 19.7 Å². The molecule has 0 unspecified atom stereocenters. The number of imidazole rings is 1. The van der Waals surface area contributed by atoms with Gasteiger partial charge >= 0.3 is 6.18 Å². The second kappa shape index (κ2) is 6.26. The van der Waals surface area contributed by atoms with E-state index in [2.05, 4.69) is 9.97 Å². The Morgan fingerprint density at radius 3 is 2.67 bits per heavy atom. The molecule has 0 saturated carbocycles. The molecule has 5 nitrogen and oxygen atoms in total. The van der Waals surface area contributed by atoms with Crippen LogP contribution in [0.5, 0.6) is 0 Å². The fourth-order valence-electron chi connectivity index (χ4n) is 2.26. The summed E-state index contributed by atoms with van der Waals surface area (Å²) in [6.45, 7) is 3.87. The zero-order valence-corrected chi connectivity index (χ0v) is 14.3. The molecule has 128 valence electrons. The Morgan fingerprint density at radius 2 is 2.08 bits per heavy atom. The van der Waals surface area contributed by atoms with Crippen LogP contribution in [0.4, 0.5) is 18.2 Å². The van der Waals surface area contributed by atoms with E-state index in [1.54, 1.807) is 0 Å². The number of benzene rings is 1. The van der Waals surface area contributed by atoms with Gasteiger partial charge in [0.25, 0.3) is 0 Å². The van der Waals surface area contributed by atoms with E-state index < -0.39 is 11.7 Å². The van der Waals surface area contributed by atoms with E-state index in [4.69, 9.17) is 5.21 Å². The van der Waals surface area contributed by atoms with E-state index in [1.165, 1.54) is 35.4 Å². The molecular formula is C14H13F3N4OS2. The molecule has 10 heteroatoms. The van der Waals surface area contributed by atoms with Crippen molar-refractivity contribution in [1.82, 2.24) is 14.5 Å². The zero-order chi connectivity index (χ0) is 17.5. The third-order valence-electron chi connectivity index (χ3n) is 3.27. The van der Waals surface area contributed by atoms with Gasteiger partial charge in [0.2, 0.25) is 0 Å². The molecule has 0 amide bonds. The number of thiazole rings is 1. The van der Waals surface area contributed by atoms with Crippen LogP contribution in [0.2, 0.25) is 0 Å². The van der Waals surface area contributed by atoms with Crippen LogP contribution in [0.3, 0.4) is 0 Å². The molecule has 1 aromatic carbocycles. The molecule has 0 aliphatic heterocycles. The second-order valence-corrected chi connectivity index (χ2v) is 7.51. The SMILES string of the molecule is CC(C)n1c(Sc2ncc(NO)s2)nc2cc(C(F)(F)F)ccc21. The third kappa shape index (κ3) is 3.21. The number of halogens is 3. The summed E-state index contributed by atoms with van der Waals surface area (Å²) in [7, 11) is 0. The highest BCUT2D eigenvalue weighted by molar-refractivity contribution is 8.01. The van der Waals surface area contributed by atoms with Gasteiger partial charge in [0.05, 0.1) is 22.8 Å². The number of hydrogen-bond donors (Lipinski definition) is 2. The molecule has 0 aliphatic rings. The van der Waals surface area contributed by atoms with Gasteiger partial charge in [-0.15, -0.1) is 0 Å². The quantitative estimate of drug-likeness (QED) is 0.626. The Balaban J connectivity index is 2.07. The van der Waals surface area contributed by atoms with Crippen LogP contribution in [0.1, 0.15) is 25.5 Å². The lowest BCUT2D eigenvalue weighted by atomic mass is 10.2. The molecule has 0 saturated heterocycles. The molecule has 0 spiro atoms. The van der Waals surface area contributed by atoms with Gasteiger partial charge in [0, 0.05) is 6.04 Å². The van der Waals surface area contributed by atoms with Crippen LogP contribution in [0.25, 0.3) is 11.0 Å². The fraction of sp³-hybridized carbons (Fsp3) is 0.286. The standard InChI is InChI=1S/C14H13F3N4OS2/c1-7(2)21-10-4-3-8(14(15,16)17)5-9(10)19-12(21)24-13-18-6-11(20-22)23-13/h3-7,20,22H,1-2H3. The highest BCUT2D eigenvalue weighted by Crippen LogP contribution is 2.37. The third-order valence-corrected chi connectivity index (χ3v) is 5.22. The summed E-state index contributed by atoms with van der Waals surface area (Å²) in [5.74, 6) is 0. The molecule has 2 heterocycles. The summed E-state index contributed by atoms with van der Waals surface area (Å²) >= 11 is 2.47. The minimum atomic E-state index is -4.40. The number of fused-ring (bicyclic) bond motifs is 1. The molecule has 24 heavy (non-hydrogen) atoms. The van der Waals surface area contributed by atoms with E-state index in [-0.39, 0.29) is 11.6 Å². The van der Waals surface area contributed by atoms with Crippen molar-refractivity contribution in [3.63, 3.8) is 0 Å². The van der Waals surface area contributed by atoms with Gasteiger partial charge in [-0.1, -0.05) is 11.3 Å². The zero-order valence-electron chi connectivity index (χ0n) is 12.6. The molecular weight excluding hydrogens is 361 g/mol. The molecule has 0 fully saturated rings. The summed E-state index contributed by atoms with van der Waals surface area (Å²) in [5.41, 5.74) is 2.22. The Kier molecular flexibility index (Phi) is 4.45. The van der Waals surface area contributed by atoms with Crippen molar-refractivity contribution in [1.29, 1.82) is 0 Å². The van der Waals surface area contributed by atoms with Crippen LogP contribution in [0.15, 0.2) is 33.9 Å². The van der Waals surface area contributed by atoms with Crippen LogP contribution < -0.4 is 5.48 Å². The maximum Gasteiger partial charge on any atom is 0.416 e. The van der Waals surface area contributed by atoms with Gasteiger partial charge < -0.3 is 4.57 Å². The Hall–Kier alpha value is -1.78. The number of hydrogen-bond acceptors (Lipinski definition) is 6. The molecule has 3 rings (SSSR count). The summed E-state index contributed by atoms with van der Waals surface area (Å²) in [4.78, 5) is 8.48. The average Bonchev–Trinajstić information content (AvgIpc) is 3.09. The topological polar surface area (TPSA) is 63.0 Å². The summed E-state index contributed by atoms with van der Waals surface area (Å²) in [5, 5.41) is 9.89. The van der Waals surface area contributed by atoms with E-state index in [9.17, 15) is 13.2 Å². The summed E-state index contributed by atoms with van der Waals surface area (Å²) in [6, 6.07) is 3.58. The molecule has 3 aromatic rings. The highest BCUT2D eigenvalue weighted by Gasteiger charge is 2.31. The second-order valence-electron chi connectivity index (χ2n) is 5.26. The molecule has 0 bridgehead atoms. The Labute approximate surface area is 143 Å². The van der Waals surface area contributed by atoms with Gasteiger partial charge in [-0.25, -0.2) is 9.97 Å². The number of aromatic nitrogens is 3. The van der Waals surface area contributed by atoms with Crippen molar-refractivity contribution in [3.8, 4) is 0 Å². The van der Waals surface area contributed by atoms with Gasteiger partial charge in [0.1, 0.15) is 5.00 Å². The van der Waals surface area contributed by atoms with Crippen molar-refractivity contribution < 1.29 is 18.4 Å². The van der Waals surface area contributed by atoms with E-state index in [1.807, 2.05) is 23.9 Å². The maximum atomic E-state index is 12.9. The predicted molar refractivity (Wildman–Crippen MR) is 86.8 cm³/mol. The lowest BCUT2D eigenvalue weighted by Crippen LogP contribution is -2.05. The first-order chi connectivity index (χ1) is 11.3. The largest absolute Gasteiger partial charge is 0.416 e. The maximum absolute atomic E-state index is 12.9. The Morgan fingerprint density at radius 1 is 1.33 bits per heavy atom. The minimum absolute atomic E-state index is 0.0182. The first kappa shape index (κ1) is 17.1. The normalized spacial score (nSPS) is 12.3. The molecule has 0 aliphatic carbocycles. The van der Waals surface area contributed by atoms with Gasteiger partial charge in [-0.2, -0.15) is 13.2 Å². The van der Waals surface area contributed by atoms with E-state index in [0.29, 0.717) is 20.0 Å². The molecule has 0 radical (unpaired) electrons. The van der Waals surface area contributed by atoms with Crippen molar-refractivity contribution >= 4 is 39.1 Å². The first-order valence-electron chi connectivity index (χ1n) is 6.92. The number of rotatable bonds is 4. The summed E-state index contributed by atoms with van der Waals surface area (Å²) in [6.07, 6.45) is -2.93. The van der Waals surface area contributed by atoms with Gasteiger partial charge in [-0.3, -0.25) is 10.7 Å². The van der Waals surface area contributed by atoms with Crippen molar-refractivity contribution in [3.05, 3.63) is 30.0 Å². The predicted octanol–water partition coefficient (Wildman–Crippen LogP) is 5.04. The smallest absolute Gasteiger partial charge is 0.316 e. The number of nitrogens with one attached hydrogen (secondary N) is 1. The lowest BCUT2D eigenvalue weighted by Gasteiger charge is -2.12. The molecule has 2 aromatic heterocycles. The average molecular weight is 374 g/mol. The molecule has 0 atom stereocenters. The van der Waals surface area contributed by atoms with Crippen molar-refractivity contribution in [2.75, 3.05) is 5.48 Å².